The molecular formula is C13H28O3Si2. The fourth-order valence-electron chi connectivity index (χ4n) is 2.18. The molecule has 5 heteroatoms. The zero-order valence-electron chi connectivity index (χ0n) is 12.9. The third-order valence-electron chi connectivity index (χ3n) is 2.24. The summed E-state index contributed by atoms with van der Waals surface area (Å²) < 4.78 is 11.4. The molecule has 0 spiro atoms. The zero-order chi connectivity index (χ0) is 14.4. The quantitative estimate of drug-likeness (QED) is 0.406. The van der Waals surface area contributed by atoms with Crippen molar-refractivity contribution >= 4 is 22.6 Å². The molecule has 3 nitrogen and oxygen atoms in total. The Kier molecular flexibility index (Phi) is 7.10. The third kappa shape index (κ3) is 9.62. The van der Waals surface area contributed by atoms with Gasteiger partial charge in [0.05, 0.1) is 6.61 Å². The third-order valence-corrected chi connectivity index (χ3v) is 8.58. The van der Waals surface area contributed by atoms with Crippen molar-refractivity contribution in [1.29, 1.82) is 0 Å². The summed E-state index contributed by atoms with van der Waals surface area (Å²) in [6.07, 6.45) is 3.15. The van der Waals surface area contributed by atoms with E-state index in [4.69, 9.17) is 8.85 Å². The molecule has 18 heavy (non-hydrogen) atoms. The summed E-state index contributed by atoms with van der Waals surface area (Å²) in [4.78, 5) is 11.2. The predicted octanol–water partition coefficient (Wildman–Crippen LogP) is 3.80. The van der Waals surface area contributed by atoms with E-state index in [-0.39, 0.29) is 5.97 Å². The van der Waals surface area contributed by atoms with E-state index in [1.54, 1.807) is 6.08 Å². The summed E-state index contributed by atoms with van der Waals surface area (Å²) in [6, 6.07) is 1.03. The fraction of sp³-hybridized carbons (Fsp3) is 0.769. The van der Waals surface area contributed by atoms with E-state index in [2.05, 4.69) is 39.7 Å². The maximum atomic E-state index is 11.2. The Bertz CT molecular complexity index is 293. The van der Waals surface area contributed by atoms with Gasteiger partial charge in [-0.2, -0.15) is 0 Å². The van der Waals surface area contributed by atoms with Gasteiger partial charge in [0.2, 0.25) is 0 Å². The smallest absolute Gasteiger partial charge is 0.330 e. The molecule has 0 rings (SSSR count). The normalized spacial score (nSPS) is 14.8. The number of carbonyl (C=O) groups is 1. The number of carbonyl (C=O) groups excluding carboxylic acids is 1. The van der Waals surface area contributed by atoms with Crippen LogP contribution in [-0.2, 0) is 13.6 Å². The summed E-state index contributed by atoms with van der Waals surface area (Å²) in [6.45, 7) is 15.6. The number of esters is 1. The average Bonchev–Trinajstić information content (AvgIpc) is 2.10. The van der Waals surface area contributed by atoms with Crippen LogP contribution in [-0.4, -0.2) is 29.2 Å². The van der Waals surface area contributed by atoms with Crippen LogP contribution in [0.1, 0.15) is 13.8 Å². The van der Waals surface area contributed by atoms with Gasteiger partial charge in [-0.05, 0) is 51.6 Å². The molecule has 0 aromatic rings. The lowest BCUT2D eigenvalue weighted by molar-refractivity contribution is -0.138. The van der Waals surface area contributed by atoms with Crippen molar-refractivity contribution < 1.29 is 13.6 Å². The Balaban J connectivity index is 4.14. The van der Waals surface area contributed by atoms with Gasteiger partial charge in [0.15, 0.2) is 16.6 Å². The fourth-order valence-corrected chi connectivity index (χ4v) is 10.9. The molecule has 0 aliphatic heterocycles. The van der Waals surface area contributed by atoms with Crippen LogP contribution >= 0.6 is 0 Å². The highest BCUT2D eigenvalue weighted by molar-refractivity contribution is 6.84. The van der Waals surface area contributed by atoms with Crippen LogP contribution in [0.15, 0.2) is 12.2 Å². The highest BCUT2D eigenvalue weighted by Gasteiger charge is 2.31. The molecular weight excluding hydrogens is 260 g/mol. The van der Waals surface area contributed by atoms with Crippen LogP contribution in [0.3, 0.4) is 0 Å². The van der Waals surface area contributed by atoms with E-state index in [0.717, 1.165) is 6.04 Å². The second kappa shape index (κ2) is 7.26. The number of allylic oxidation sites excluding steroid dienone is 1. The zero-order valence-corrected chi connectivity index (χ0v) is 14.9. The topological polar surface area (TPSA) is 35.5 Å². The average molecular weight is 289 g/mol. The van der Waals surface area contributed by atoms with Crippen LogP contribution in [0.5, 0.6) is 0 Å². The molecule has 0 aliphatic rings. The molecule has 0 bridgehead atoms. The first-order valence-corrected chi connectivity index (χ1v) is 13.1. The first-order chi connectivity index (χ1) is 8.06. The summed E-state index contributed by atoms with van der Waals surface area (Å²) >= 11 is 0. The van der Waals surface area contributed by atoms with Gasteiger partial charge < -0.3 is 8.85 Å². The van der Waals surface area contributed by atoms with Crippen LogP contribution < -0.4 is 0 Å². The second-order valence-electron chi connectivity index (χ2n) is 6.41. The van der Waals surface area contributed by atoms with Crippen molar-refractivity contribution in [2.45, 2.75) is 52.6 Å². The summed E-state index contributed by atoms with van der Waals surface area (Å²) in [7, 11) is -3.11. The SMILES string of the molecule is CC=CC(=O)OCC(C)C[Si](C)(C)O[Si](C)(C)C. The molecule has 0 radical (unpaired) electrons. The molecule has 106 valence electrons. The van der Waals surface area contributed by atoms with E-state index >= 15 is 0 Å². The molecule has 0 aliphatic carbocycles. The number of ether oxygens (including phenoxy) is 1. The first kappa shape index (κ1) is 17.6. The highest BCUT2D eigenvalue weighted by atomic mass is 28.4. The maximum Gasteiger partial charge on any atom is 0.330 e. The van der Waals surface area contributed by atoms with Gasteiger partial charge in [-0.25, -0.2) is 4.79 Å². The second-order valence-corrected chi connectivity index (χ2v) is 15.4. The molecule has 1 unspecified atom stereocenters. The van der Waals surface area contributed by atoms with Crippen LogP contribution in [0.25, 0.3) is 0 Å². The van der Waals surface area contributed by atoms with E-state index < -0.39 is 16.6 Å². The lowest BCUT2D eigenvalue weighted by atomic mass is 10.2. The van der Waals surface area contributed by atoms with Gasteiger partial charge in [0.1, 0.15) is 0 Å². The van der Waals surface area contributed by atoms with E-state index in [0.29, 0.717) is 12.5 Å². The molecule has 0 N–H and O–H groups in total. The molecule has 0 amide bonds. The number of hydrogen-bond acceptors (Lipinski definition) is 3. The summed E-state index contributed by atoms with van der Waals surface area (Å²) in [5, 5.41) is 0. The largest absolute Gasteiger partial charge is 0.462 e. The Morgan fingerprint density at radius 3 is 2.22 bits per heavy atom. The number of hydrogen-bond donors (Lipinski definition) is 0. The Morgan fingerprint density at radius 1 is 1.22 bits per heavy atom. The van der Waals surface area contributed by atoms with E-state index in [1.165, 1.54) is 6.08 Å². The number of rotatable bonds is 7. The molecule has 0 aromatic heterocycles. The van der Waals surface area contributed by atoms with Gasteiger partial charge in [-0.3, -0.25) is 0 Å². The Labute approximate surface area is 114 Å². The van der Waals surface area contributed by atoms with Crippen LogP contribution in [0.4, 0.5) is 0 Å². The minimum atomic E-state index is -1.64. The van der Waals surface area contributed by atoms with Crippen molar-refractivity contribution in [2.75, 3.05) is 6.61 Å². The van der Waals surface area contributed by atoms with Crippen LogP contribution in [0.2, 0.25) is 38.8 Å². The van der Waals surface area contributed by atoms with Gasteiger partial charge in [0.25, 0.3) is 0 Å². The minimum absolute atomic E-state index is 0.255. The molecule has 0 aromatic carbocycles. The highest BCUT2D eigenvalue weighted by Crippen LogP contribution is 2.22. The molecule has 0 fully saturated rings. The van der Waals surface area contributed by atoms with Crippen molar-refractivity contribution in [3.8, 4) is 0 Å². The van der Waals surface area contributed by atoms with E-state index in [9.17, 15) is 4.79 Å². The molecule has 0 saturated heterocycles. The van der Waals surface area contributed by atoms with Gasteiger partial charge in [-0.1, -0.05) is 13.0 Å². The summed E-state index contributed by atoms with van der Waals surface area (Å²) in [5.41, 5.74) is 0. The Hall–Kier alpha value is -0.396. The van der Waals surface area contributed by atoms with Crippen molar-refractivity contribution in [3.05, 3.63) is 12.2 Å². The molecule has 1 atom stereocenters. The van der Waals surface area contributed by atoms with Gasteiger partial charge in [-0.15, -0.1) is 0 Å². The lowest BCUT2D eigenvalue weighted by Gasteiger charge is -2.33. The standard InChI is InChI=1S/C13H28O3Si2/c1-8-9-13(14)15-10-12(2)11-18(6,7)16-17(3,4)5/h8-9,12H,10-11H2,1-7H3. The first-order valence-electron chi connectivity index (χ1n) is 6.55. The Morgan fingerprint density at radius 2 is 1.78 bits per heavy atom. The lowest BCUT2D eigenvalue weighted by Crippen LogP contribution is -2.43. The predicted molar refractivity (Wildman–Crippen MR) is 81.7 cm³/mol. The molecule has 0 heterocycles. The van der Waals surface area contributed by atoms with Gasteiger partial charge >= 0.3 is 5.97 Å². The van der Waals surface area contributed by atoms with Crippen molar-refractivity contribution in [2.24, 2.45) is 5.92 Å². The maximum absolute atomic E-state index is 11.2. The summed E-state index contributed by atoms with van der Waals surface area (Å²) in [5.74, 6) is 0.104. The van der Waals surface area contributed by atoms with Gasteiger partial charge in [0, 0.05) is 6.08 Å². The van der Waals surface area contributed by atoms with Crippen molar-refractivity contribution in [3.63, 3.8) is 0 Å². The monoisotopic (exact) mass is 288 g/mol. The van der Waals surface area contributed by atoms with Crippen molar-refractivity contribution in [1.82, 2.24) is 0 Å². The van der Waals surface area contributed by atoms with E-state index in [1.807, 2.05) is 6.92 Å². The minimum Gasteiger partial charge on any atom is -0.462 e. The molecule has 0 saturated carbocycles. The van der Waals surface area contributed by atoms with Crippen LogP contribution in [0, 0.1) is 5.92 Å².